The molecule has 3 aliphatic rings. The van der Waals surface area contributed by atoms with E-state index in [-0.39, 0.29) is 0 Å². The number of piperazine rings is 1. The van der Waals surface area contributed by atoms with E-state index in [9.17, 15) is 0 Å². The lowest BCUT2D eigenvalue weighted by atomic mass is 9.95. The first-order valence-electron chi connectivity index (χ1n) is 10.1. The van der Waals surface area contributed by atoms with E-state index in [0.717, 1.165) is 12.1 Å². The highest BCUT2D eigenvalue weighted by atomic mass is 15.4. The molecule has 3 saturated heterocycles. The van der Waals surface area contributed by atoms with Gasteiger partial charge >= 0.3 is 0 Å². The van der Waals surface area contributed by atoms with Gasteiger partial charge in [-0.15, -0.1) is 0 Å². The molecular formula is C20H40N4. The van der Waals surface area contributed by atoms with Crippen molar-refractivity contribution in [2.75, 3.05) is 52.4 Å². The number of nitrogens with zero attached hydrogens (tertiary/aromatic N) is 4. The van der Waals surface area contributed by atoms with Gasteiger partial charge in [0, 0.05) is 75.5 Å². The number of rotatable bonds is 2. The molecule has 0 unspecified atom stereocenters. The number of piperidine rings is 1. The van der Waals surface area contributed by atoms with Gasteiger partial charge in [-0.1, -0.05) is 0 Å². The van der Waals surface area contributed by atoms with E-state index in [1.807, 2.05) is 0 Å². The van der Waals surface area contributed by atoms with Crippen LogP contribution in [-0.4, -0.2) is 95.1 Å². The quantitative estimate of drug-likeness (QED) is 0.767. The number of hydrogen-bond acceptors (Lipinski definition) is 4. The van der Waals surface area contributed by atoms with Gasteiger partial charge in [0.2, 0.25) is 0 Å². The van der Waals surface area contributed by atoms with Crippen LogP contribution >= 0.6 is 0 Å². The first-order valence-corrected chi connectivity index (χ1v) is 10.1. The maximum atomic E-state index is 2.79. The van der Waals surface area contributed by atoms with Gasteiger partial charge in [0.05, 0.1) is 0 Å². The topological polar surface area (TPSA) is 13.0 Å². The van der Waals surface area contributed by atoms with Crippen molar-refractivity contribution in [2.45, 2.75) is 77.5 Å². The molecule has 0 aromatic heterocycles. The van der Waals surface area contributed by atoms with E-state index >= 15 is 0 Å². The molecule has 3 heterocycles. The lowest BCUT2D eigenvalue weighted by Crippen LogP contribution is -2.67. The molecule has 0 radical (unpaired) electrons. The minimum Gasteiger partial charge on any atom is -0.298 e. The van der Waals surface area contributed by atoms with E-state index in [1.54, 1.807) is 0 Å². The molecule has 0 bridgehead atoms. The van der Waals surface area contributed by atoms with Crippen LogP contribution in [0.2, 0.25) is 0 Å². The third-order valence-corrected chi connectivity index (χ3v) is 6.61. The molecule has 0 aromatic carbocycles. The number of likely N-dealkylation sites (tertiary alicyclic amines) is 2. The summed E-state index contributed by atoms with van der Waals surface area (Å²) in [5.41, 5.74) is 0.687. The van der Waals surface area contributed by atoms with Crippen LogP contribution in [0, 0.1) is 0 Å². The average Bonchev–Trinajstić information content (AvgIpc) is 2.44. The van der Waals surface area contributed by atoms with Crippen LogP contribution < -0.4 is 0 Å². The van der Waals surface area contributed by atoms with Crippen molar-refractivity contribution < 1.29 is 0 Å². The summed E-state index contributed by atoms with van der Waals surface area (Å²) in [6, 6.07) is 1.65. The van der Waals surface area contributed by atoms with Gasteiger partial charge in [-0.05, 0) is 54.4 Å². The second kappa shape index (κ2) is 6.86. The molecule has 3 fully saturated rings. The van der Waals surface area contributed by atoms with Gasteiger partial charge in [0.25, 0.3) is 0 Å². The fraction of sp³-hybridized carbons (Fsp3) is 1.00. The second-order valence-corrected chi connectivity index (χ2v) is 10.2. The SMILES string of the molecule is CC(C)(C)N1CCC(N2CCN(C3CN(C(C)(C)C)C3)CC2)CC1. The van der Waals surface area contributed by atoms with Crippen LogP contribution in [0.15, 0.2) is 0 Å². The number of hydrogen-bond donors (Lipinski definition) is 0. The summed E-state index contributed by atoms with van der Waals surface area (Å²) in [5.74, 6) is 0. The van der Waals surface area contributed by atoms with Crippen LogP contribution in [0.3, 0.4) is 0 Å². The van der Waals surface area contributed by atoms with Crippen LogP contribution in [0.5, 0.6) is 0 Å². The summed E-state index contributed by atoms with van der Waals surface area (Å²) in [5, 5.41) is 0. The van der Waals surface area contributed by atoms with E-state index < -0.39 is 0 Å². The van der Waals surface area contributed by atoms with E-state index in [1.165, 1.54) is 65.2 Å². The summed E-state index contributed by atoms with van der Waals surface area (Å²) < 4.78 is 0. The minimum atomic E-state index is 0.340. The van der Waals surface area contributed by atoms with Crippen molar-refractivity contribution in [2.24, 2.45) is 0 Å². The molecule has 24 heavy (non-hydrogen) atoms. The molecule has 4 heteroatoms. The molecule has 0 N–H and O–H groups in total. The van der Waals surface area contributed by atoms with Gasteiger partial charge in [-0.2, -0.15) is 0 Å². The Kier molecular flexibility index (Phi) is 5.33. The summed E-state index contributed by atoms with van der Waals surface area (Å²) in [6.45, 7) is 24.3. The summed E-state index contributed by atoms with van der Waals surface area (Å²) in [7, 11) is 0. The Bertz CT molecular complexity index is 400. The fourth-order valence-electron chi connectivity index (χ4n) is 4.60. The molecular weight excluding hydrogens is 296 g/mol. The zero-order chi connectivity index (χ0) is 17.5. The van der Waals surface area contributed by atoms with Gasteiger partial charge in [0.15, 0.2) is 0 Å². The lowest BCUT2D eigenvalue weighted by Gasteiger charge is -2.53. The molecule has 3 rings (SSSR count). The maximum Gasteiger partial charge on any atom is 0.0351 e. The molecule has 0 saturated carbocycles. The monoisotopic (exact) mass is 336 g/mol. The van der Waals surface area contributed by atoms with Crippen LogP contribution in [0.25, 0.3) is 0 Å². The summed E-state index contributed by atoms with van der Waals surface area (Å²) in [6.07, 6.45) is 2.72. The van der Waals surface area contributed by atoms with E-state index in [2.05, 4.69) is 61.1 Å². The highest BCUT2D eigenvalue weighted by Gasteiger charge is 2.39. The molecule has 140 valence electrons. The van der Waals surface area contributed by atoms with Crippen LogP contribution in [0.4, 0.5) is 0 Å². The predicted octanol–water partition coefficient (Wildman–Crippen LogP) is 2.35. The van der Waals surface area contributed by atoms with Crippen molar-refractivity contribution in [3.63, 3.8) is 0 Å². The Morgan fingerprint density at radius 1 is 0.542 bits per heavy atom. The fourth-order valence-corrected chi connectivity index (χ4v) is 4.60. The standard InChI is InChI=1S/C20H40N4/c1-19(2,3)23-9-7-17(8-10-23)21-11-13-22(14-12-21)18-15-24(16-18)20(4,5)6/h17-18H,7-16H2,1-6H3. The van der Waals surface area contributed by atoms with Crippen molar-refractivity contribution in [1.82, 2.24) is 19.6 Å². The van der Waals surface area contributed by atoms with Gasteiger partial charge in [0.1, 0.15) is 0 Å². The maximum absolute atomic E-state index is 2.79. The highest BCUT2D eigenvalue weighted by molar-refractivity contribution is 4.96. The third kappa shape index (κ3) is 4.14. The van der Waals surface area contributed by atoms with E-state index in [4.69, 9.17) is 0 Å². The molecule has 0 atom stereocenters. The Morgan fingerprint density at radius 3 is 1.38 bits per heavy atom. The van der Waals surface area contributed by atoms with Gasteiger partial charge in [-0.25, -0.2) is 0 Å². The zero-order valence-corrected chi connectivity index (χ0v) is 17.0. The highest BCUT2D eigenvalue weighted by Crippen LogP contribution is 2.27. The van der Waals surface area contributed by atoms with Gasteiger partial charge in [-0.3, -0.25) is 19.6 Å². The average molecular weight is 337 g/mol. The molecule has 0 spiro atoms. The molecule has 0 aromatic rings. The molecule has 3 aliphatic heterocycles. The van der Waals surface area contributed by atoms with Crippen molar-refractivity contribution in [3.8, 4) is 0 Å². The summed E-state index contributed by atoms with van der Waals surface area (Å²) in [4.78, 5) is 10.8. The van der Waals surface area contributed by atoms with Crippen LogP contribution in [0.1, 0.15) is 54.4 Å². The lowest BCUT2D eigenvalue weighted by molar-refractivity contribution is -0.0465. The predicted molar refractivity (Wildman–Crippen MR) is 103 cm³/mol. The first-order chi connectivity index (χ1) is 11.1. The van der Waals surface area contributed by atoms with Gasteiger partial charge < -0.3 is 0 Å². The third-order valence-electron chi connectivity index (χ3n) is 6.61. The second-order valence-electron chi connectivity index (χ2n) is 10.2. The van der Waals surface area contributed by atoms with Crippen molar-refractivity contribution in [1.29, 1.82) is 0 Å². The largest absolute Gasteiger partial charge is 0.298 e. The Balaban J connectivity index is 1.39. The normalized spacial score (nSPS) is 28.2. The zero-order valence-electron chi connectivity index (χ0n) is 17.0. The molecule has 4 nitrogen and oxygen atoms in total. The Hall–Kier alpha value is -0.160. The first kappa shape index (κ1) is 18.6. The molecule has 0 aliphatic carbocycles. The molecule has 0 amide bonds. The Morgan fingerprint density at radius 2 is 0.958 bits per heavy atom. The summed E-state index contributed by atoms with van der Waals surface area (Å²) >= 11 is 0. The minimum absolute atomic E-state index is 0.340. The smallest absolute Gasteiger partial charge is 0.0351 e. The van der Waals surface area contributed by atoms with Crippen LogP contribution in [-0.2, 0) is 0 Å². The van der Waals surface area contributed by atoms with E-state index in [0.29, 0.717) is 11.1 Å². The van der Waals surface area contributed by atoms with Crippen molar-refractivity contribution in [3.05, 3.63) is 0 Å². The Labute approximate surface area is 150 Å². The van der Waals surface area contributed by atoms with Crippen molar-refractivity contribution >= 4 is 0 Å².